The van der Waals surface area contributed by atoms with Gasteiger partial charge in [0.1, 0.15) is 6.04 Å². The van der Waals surface area contributed by atoms with Crippen molar-refractivity contribution < 1.29 is 9.47 Å². The number of methoxy groups -OCH3 is 1. The molecule has 0 fully saturated rings. The van der Waals surface area contributed by atoms with Crippen LogP contribution in [-0.2, 0) is 9.47 Å². The summed E-state index contributed by atoms with van der Waals surface area (Å²) in [5, 5.41) is 11.9. The summed E-state index contributed by atoms with van der Waals surface area (Å²) in [4.78, 5) is 0. The molecule has 0 aromatic rings. The van der Waals surface area contributed by atoms with Crippen molar-refractivity contribution >= 4 is 0 Å². The normalized spacial score (nSPS) is 14.7. The van der Waals surface area contributed by atoms with Crippen LogP contribution in [0.25, 0.3) is 0 Å². The smallest absolute Gasteiger partial charge is 0.119 e. The third-order valence-electron chi connectivity index (χ3n) is 1.75. The molecule has 2 unspecified atom stereocenters. The standard InChI is InChI=1S/C10H20N2O2/c1-4-5-12-10(6-11)8-14-9(2)7-13-3/h9-10,12H,4-5,7-8H2,1-3H3. The van der Waals surface area contributed by atoms with Gasteiger partial charge in [-0.2, -0.15) is 5.26 Å². The van der Waals surface area contributed by atoms with E-state index in [9.17, 15) is 0 Å². The fourth-order valence-corrected chi connectivity index (χ4v) is 1.00. The maximum atomic E-state index is 8.77. The van der Waals surface area contributed by atoms with E-state index in [1.54, 1.807) is 7.11 Å². The Bertz CT molecular complexity index is 168. The van der Waals surface area contributed by atoms with Crippen molar-refractivity contribution in [1.82, 2.24) is 5.32 Å². The number of nitriles is 1. The molecule has 0 spiro atoms. The van der Waals surface area contributed by atoms with Crippen LogP contribution in [0.3, 0.4) is 0 Å². The van der Waals surface area contributed by atoms with Gasteiger partial charge in [0.05, 0.1) is 25.4 Å². The molecule has 4 nitrogen and oxygen atoms in total. The number of rotatable bonds is 8. The van der Waals surface area contributed by atoms with Gasteiger partial charge in [-0.1, -0.05) is 6.92 Å². The van der Waals surface area contributed by atoms with Crippen molar-refractivity contribution in [3.05, 3.63) is 0 Å². The fraction of sp³-hybridized carbons (Fsp3) is 0.900. The number of hydrogen-bond donors (Lipinski definition) is 1. The SMILES string of the molecule is CCCNC(C#N)COC(C)COC. The van der Waals surface area contributed by atoms with Gasteiger partial charge in [-0.25, -0.2) is 0 Å². The molecule has 0 bridgehead atoms. The number of nitrogens with one attached hydrogen (secondary N) is 1. The van der Waals surface area contributed by atoms with Crippen molar-refractivity contribution in [3.63, 3.8) is 0 Å². The highest BCUT2D eigenvalue weighted by molar-refractivity contribution is 4.89. The van der Waals surface area contributed by atoms with Crippen LogP contribution in [0.4, 0.5) is 0 Å². The van der Waals surface area contributed by atoms with Gasteiger partial charge in [0.25, 0.3) is 0 Å². The van der Waals surface area contributed by atoms with E-state index in [2.05, 4.69) is 18.3 Å². The molecule has 0 amide bonds. The van der Waals surface area contributed by atoms with Gasteiger partial charge >= 0.3 is 0 Å². The Morgan fingerprint density at radius 3 is 2.64 bits per heavy atom. The van der Waals surface area contributed by atoms with Gasteiger partial charge in [0.15, 0.2) is 0 Å². The van der Waals surface area contributed by atoms with Crippen LogP contribution in [0.2, 0.25) is 0 Å². The molecule has 0 saturated carbocycles. The first-order valence-electron chi connectivity index (χ1n) is 4.98. The zero-order valence-corrected chi connectivity index (χ0v) is 9.25. The molecule has 82 valence electrons. The van der Waals surface area contributed by atoms with Crippen LogP contribution >= 0.6 is 0 Å². The number of ether oxygens (including phenoxy) is 2. The lowest BCUT2D eigenvalue weighted by atomic mass is 10.3. The monoisotopic (exact) mass is 200 g/mol. The Kier molecular flexibility index (Phi) is 8.54. The van der Waals surface area contributed by atoms with Gasteiger partial charge in [-0.3, -0.25) is 0 Å². The molecule has 0 radical (unpaired) electrons. The van der Waals surface area contributed by atoms with Crippen molar-refractivity contribution in [3.8, 4) is 6.07 Å². The molecule has 1 N–H and O–H groups in total. The third kappa shape index (κ3) is 6.84. The van der Waals surface area contributed by atoms with Crippen molar-refractivity contribution in [2.24, 2.45) is 0 Å². The van der Waals surface area contributed by atoms with Crippen LogP contribution in [0, 0.1) is 11.3 Å². The highest BCUT2D eigenvalue weighted by Gasteiger charge is 2.08. The second-order valence-corrected chi connectivity index (χ2v) is 3.24. The average Bonchev–Trinajstić information content (AvgIpc) is 2.19. The Morgan fingerprint density at radius 1 is 1.43 bits per heavy atom. The Morgan fingerprint density at radius 2 is 2.14 bits per heavy atom. The van der Waals surface area contributed by atoms with E-state index in [4.69, 9.17) is 14.7 Å². The molecule has 0 aliphatic rings. The van der Waals surface area contributed by atoms with Crippen LogP contribution < -0.4 is 5.32 Å². The first kappa shape index (κ1) is 13.4. The quantitative estimate of drug-likeness (QED) is 0.633. The summed E-state index contributed by atoms with van der Waals surface area (Å²) in [6, 6.07) is 1.94. The first-order chi connectivity index (χ1) is 6.74. The molecule has 0 heterocycles. The molecule has 4 heteroatoms. The lowest BCUT2D eigenvalue weighted by Gasteiger charge is -2.15. The van der Waals surface area contributed by atoms with Crippen LogP contribution in [0.5, 0.6) is 0 Å². The molecule has 0 aromatic heterocycles. The van der Waals surface area contributed by atoms with E-state index in [0.717, 1.165) is 13.0 Å². The van der Waals surface area contributed by atoms with Gasteiger partial charge in [-0.15, -0.1) is 0 Å². The highest BCUT2D eigenvalue weighted by atomic mass is 16.5. The van der Waals surface area contributed by atoms with Gasteiger partial charge < -0.3 is 14.8 Å². The minimum absolute atomic E-state index is 0.0410. The lowest BCUT2D eigenvalue weighted by Crippen LogP contribution is -2.34. The fourth-order valence-electron chi connectivity index (χ4n) is 1.00. The Hall–Kier alpha value is -0.630. The van der Waals surface area contributed by atoms with Gasteiger partial charge in [0.2, 0.25) is 0 Å². The van der Waals surface area contributed by atoms with Crippen LogP contribution in [-0.4, -0.2) is 39.0 Å². The molecule has 2 atom stereocenters. The van der Waals surface area contributed by atoms with Crippen molar-refractivity contribution in [2.45, 2.75) is 32.4 Å². The van der Waals surface area contributed by atoms with E-state index < -0.39 is 0 Å². The second kappa shape index (κ2) is 8.95. The third-order valence-corrected chi connectivity index (χ3v) is 1.75. The topological polar surface area (TPSA) is 54.3 Å². The van der Waals surface area contributed by atoms with E-state index >= 15 is 0 Å². The summed E-state index contributed by atoms with van der Waals surface area (Å²) >= 11 is 0. The maximum Gasteiger partial charge on any atom is 0.119 e. The first-order valence-corrected chi connectivity index (χ1v) is 4.98. The zero-order valence-electron chi connectivity index (χ0n) is 9.25. The predicted molar refractivity (Wildman–Crippen MR) is 55.0 cm³/mol. The molecule has 0 aromatic carbocycles. The van der Waals surface area contributed by atoms with Crippen molar-refractivity contribution in [1.29, 1.82) is 5.26 Å². The molecule has 0 rings (SSSR count). The maximum absolute atomic E-state index is 8.77. The molecule has 0 aliphatic heterocycles. The number of hydrogen-bond acceptors (Lipinski definition) is 4. The molecule has 14 heavy (non-hydrogen) atoms. The molecular formula is C10H20N2O2. The highest BCUT2D eigenvalue weighted by Crippen LogP contribution is 1.93. The van der Waals surface area contributed by atoms with Gasteiger partial charge in [0, 0.05) is 7.11 Å². The summed E-state index contributed by atoms with van der Waals surface area (Å²) in [5.41, 5.74) is 0. The zero-order chi connectivity index (χ0) is 10.8. The summed E-state index contributed by atoms with van der Waals surface area (Å²) < 4.78 is 10.3. The Balaban J connectivity index is 3.57. The minimum atomic E-state index is -0.214. The average molecular weight is 200 g/mol. The van der Waals surface area contributed by atoms with E-state index in [0.29, 0.717) is 13.2 Å². The van der Waals surface area contributed by atoms with E-state index in [1.807, 2.05) is 6.92 Å². The van der Waals surface area contributed by atoms with Crippen LogP contribution in [0.15, 0.2) is 0 Å². The minimum Gasteiger partial charge on any atom is -0.382 e. The summed E-state index contributed by atoms with van der Waals surface area (Å²) in [6.07, 6.45) is 1.06. The molecular weight excluding hydrogens is 180 g/mol. The van der Waals surface area contributed by atoms with E-state index in [-0.39, 0.29) is 12.1 Å². The summed E-state index contributed by atoms with van der Waals surface area (Å²) in [6.45, 7) is 5.82. The molecule has 0 saturated heterocycles. The molecule has 0 aliphatic carbocycles. The lowest BCUT2D eigenvalue weighted by molar-refractivity contribution is 0.00496. The Labute approximate surface area is 86.2 Å². The van der Waals surface area contributed by atoms with E-state index in [1.165, 1.54) is 0 Å². The second-order valence-electron chi connectivity index (χ2n) is 3.24. The predicted octanol–water partition coefficient (Wildman–Crippen LogP) is 0.930. The summed E-state index contributed by atoms with van der Waals surface area (Å²) in [7, 11) is 1.64. The van der Waals surface area contributed by atoms with Crippen molar-refractivity contribution in [2.75, 3.05) is 26.9 Å². The summed E-state index contributed by atoms with van der Waals surface area (Å²) in [5.74, 6) is 0. The van der Waals surface area contributed by atoms with Gasteiger partial charge in [-0.05, 0) is 19.9 Å². The number of nitrogens with zero attached hydrogens (tertiary/aromatic N) is 1. The van der Waals surface area contributed by atoms with Crippen LogP contribution in [0.1, 0.15) is 20.3 Å². The largest absolute Gasteiger partial charge is 0.382 e.